The number of carbonyl (C=O) groups is 1. The normalized spacial score (nSPS) is 22.1. The Bertz CT molecular complexity index is 314. The number of nitrogens with one attached hydrogen (secondary N) is 1. The summed E-state index contributed by atoms with van der Waals surface area (Å²) in [6, 6.07) is 0. The monoisotopic (exact) mass is 178 g/mol. The van der Waals surface area contributed by atoms with E-state index >= 15 is 0 Å². The third-order valence-electron chi connectivity index (χ3n) is 1.41. The molecule has 13 heavy (non-hydrogen) atoms. The van der Waals surface area contributed by atoms with Crippen molar-refractivity contribution in [2.45, 2.75) is 0 Å². The molecule has 3 N–H and O–H groups in total. The van der Waals surface area contributed by atoms with Crippen molar-refractivity contribution in [2.24, 2.45) is 15.7 Å². The quantitative estimate of drug-likeness (QED) is 0.563. The molecule has 0 aliphatic carbocycles. The molecule has 0 atom stereocenters. The average molecular weight is 178 g/mol. The molecule has 0 unspecified atom stereocenters. The highest BCUT2D eigenvalue weighted by Crippen LogP contribution is 2.04. The molecular formula is C8H10N4O. The van der Waals surface area contributed by atoms with Crippen LogP contribution in [0, 0.1) is 0 Å². The Hall–Kier alpha value is -1.75. The predicted octanol–water partition coefficient (Wildman–Crippen LogP) is -0.428. The lowest BCUT2D eigenvalue weighted by Crippen LogP contribution is -2.33. The standard InChI is InChI=1S/C8H10N4O/c1-10-4-6-2-3-7(13)12-8(6)11-5-9/h2-4H,1,5,9H2,(H,11,12,13)/b6-4-. The summed E-state index contributed by atoms with van der Waals surface area (Å²) in [5.41, 5.74) is 5.92. The van der Waals surface area contributed by atoms with E-state index in [9.17, 15) is 4.79 Å². The van der Waals surface area contributed by atoms with E-state index in [0.717, 1.165) is 0 Å². The first kappa shape index (κ1) is 9.34. The highest BCUT2D eigenvalue weighted by atomic mass is 16.1. The zero-order valence-corrected chi connectivity index (χ0v) is 7.03. The topological polar surface area (TPSA) is 79.8 Å². The second-order valence-electron chi connectivity index (χ2n) is 2.28. The number of amides is 1. The SMILES string of the molecule is C=N/C=C1/C=CC(=O)N/C1=N/CN. The van der Waals surface area contributed by atoms with E-state index in [-0.39, 0.29) is 12.6 Å². The van der Waals surface area contributed by atoms with Crippen molar-refractivity contribution in [1.82, 2.24) is 5.32 Å². The molecule has 5 nitrogen and oxygen atoms in total. The van der Waals surface area contributed by atoms with Crippen LogP contribution in [0.15, 0.2) is 33.9 Å². The lowest BCUT2D eigenvalue weighted by molar-refractivity contribution is -0.115. The van der Waals surface area contributed by atoms with Crippen LogP contribution in [0.4, 0.5) is 0 Å². The minimum atomic E-state index is -0.214. The summed E-state index contributed by atoms with van der Waals surface area (Å²) in [6.45, 7) is 3.43. The van der Waals surface area contributed by atoms with E-state index in [1.807, 2.05) is 0 Å². The summed E-state index contributed by atoms with van der Waals surface area (Å²) in [7, 11) is 0. The fraction of sp³-hybridized carbons (Fsp3) is 0.125. The van der Waals surface area contributed by atoms with E-state index in [2.05, 4.69) is 22.0 Å². The lowest BCUT2D eigenvalue weighted by atomic mass is 10.2. The number of aliphatic imine (C=N–C) groups is 2. The van der Waals surface area contributed by atoms with E-state index in [0.29, 0.717) is 11.4 Å². The molecule has 1 heterocycles. The Morgan fingerprint density at radius 1 is 1.62 bits per heavy atom. The Labute approximate surface area is 75.8 Å². The molecule has 0 aromatic carbocycles. The summed E-state index contributed by atoms with van der Waals surface area (Å²) < 4.78 is 0. The first-order valence-electron chi connectivity index (χ1n) is 3.68. The van der Waals surface area contributed by atoms with Gasteiger partial charge >= 0.3 is 0 Å². The van der Waals surface area contributed by atoms with Crippen LogP contribution in [-0.2, 0) is 4.79 Å². The van der Waals surface area contributed by atoms with Crippen LogP contribution < -0.4 is 11.1 Å². The summed E-state index contributed by atoms with van der Waals surface area (Å²) in [5.74, 6) is 0.218. The van der Waals surface area contributed by atoms with E-state index in [4.69, 9.17) is 5.73 Å². The number of carbonyl (C=O) groups excluding carboxylic acids is 1. The molecule has 1 amide bonds. The van der Waals surface area contributed by atoms with Crippen molar-refractivity contribution >= 4 is 18.5 Å². The maximum Gasteiger partial charge on any atom is 0.249 e. The highest BCUT2D eigenvalue weighted by Gasteiger charge is 2.11. The number of nitrogens with two attached hydrogens (primary N) is 1. The summed E-state index contributed by atoms with van der Waals surface area (Å²) in [6.07, 6.45) is 4.51. The molecule has 0 radical (unpaired) electrons. The zero-order chi connectivity index (χ0) is 9.68. The zero-order valence-electron chi connectivity index (χ0n) is 7.03. The van der Waals surface area contributed by atoms with Gasteiger partial charge in [-0.1, -0.05) is 0 Å². The van der Waals surface area contributed by atoms with Gasteiger partial charge in [0.1, 0.15) is 5.84 Å². The molecule has 0 aromatic rings. The minimum Gasteiger partial charge on any atom is -0.312 e. The number of nitrogens with zero attached hydrogens (tertiary/aromatic N) is 2. The van der Waals surface area contributed by atoms with Gasteiger partial charge in [0.25, 0.3) is 0 Å². The van der Waals surface area contributed by atoms with Crippen molar-refractivity contribution in [1.29, 1.82) is 0 Å². The smallest absolute Gasteiger partial charge is 0.249 e. The lowest BCUT2D eigenvalue weighted by Gasteiger charge is -2.11. The molecule has 0 aromatic heterocycles. The van der Waals surface area contributed by atoms with Crippen LogP contribution in [-0.4, -0.2) is 25.1 Å². The minimum absolute atomic E-state index is 0.123. The van der Waals surface area contributed by atoms with Gasteiger partial charge in [-0.15, -0.1) is 0 Å². The predicted molar refractivity (Wildman–Crippen MR) is 51.4 cm³/mol. The van der Waals surface area contributed by atoms with Crippen molar-refractivity contribution in [3.63, 3.8) is 0 Å². The van der Waals surface area contributed by atoms with Crippen LogP contribution >= 0.6 is 0 Å². The Balaban J connectivity index is 2.98. The largest absolute Gasteiger partial charge is 0.312 e. The summed E-state index contributed by atoms with van der Waals surface area (Å²) >= 11 is 0. The van der Waals surface area contributed by atoms with Gasteiger partial charge in [-0.25, -0.2) is 0 Å². The first-order chi connectivity index (χ1) is 6.27. The fourth-order valence-corrected chi connectivity index (χ4v) is 0.900. The van der Waals surface area contributed by atoms with Gasteiger partial charge < -0.3 is 11.1 Å². The Morgan fingerprint density at radius 2 is 2.38 bits per heavy atom. The van der Waals surface area contributed by atoms with Crippen LogP contribution in [0.5, 0.6) is 0 Å². The first-order valence-corrected chi connectivity index (χ1v) is 3.68. The Morgan fingerprint density at radius 3 is 3.00 bits per heavy atom. The van der Waals surface area contributed by atoms with Crippen LogP contribution in [0.25, 0.3) is 0 Å². The molecule has 0 saturated carbocycles. The second kappa shape index (κ2) is 4.32. The second-order valence-corrected chi connectivity index (χ2v) is 2.28. The molecule has 0 spiro atoms. The number of amidine groups is 1. The highest BCUT2D eigenvalue weighted by molar-refractivity contribution is 6.15. The van der Waals surface area contributed by atoms with Crippen molar-refractivity contribution in [2.75, 3.05) is 6.67 Å². The molecule has 1 aliphatic heterocycles. The fourth-order valence-electron chi connectivity index (χ4n) is 0.900. The Kier molecular flexibility index (Phi) is 3.10. The van der Waals surface area contributed by atoms with Crippen LogP contribution in [0.1, 0.15) is 0 Å². The summed E-state index contributed by atoms with van der Waals surface area (Å²) in [5, 5.41) is 2.54. The third kappa shape index (κ3) is 2.34. The number of hydrogen-bond donors (Lipinski definition) is 2. The molecule has 0 fully saturated rings. The molecule has 0 saturated heterocycles. The molecule has 1 aliphatic rings. The van der Waals surface area contributed by atoms with Gasteiger partial charge in [-0.3, -0.25) is 14.8 Å². The van der Waals surface area contributed by atoms with Gasteiger partial charge in [0.05, 0.1) is 6.67 Å². The van der Waals surface area contributed by atoms with Gasteiger partial charge in [-0.05, 0) is 12.8 Å². The van der Waals surface area contributed by atoms with Gasteiger partial charge in [0, 0.05) is 17.8 Å². The van der Waals surface area contributed by atoms with Crippen molar-refractivity contribution < 1.29 is 4.79 Å². The number of hydrogen-bond acceptors (Lipinski definition) is 4. The molecule has 68 valence electrons. The maximum absolute atomic E-state index is 10.9. The number of rotatable bonds is 2. The summed E-state index contributed by atoms with van der Waals surface area (Å²) in [4.78, 5) is 18.4. The molecule has 1 rings (SSSR count). The average Bonchev–Trinajstić information content (AvgIpc) is 2.10. The van der Waals surface area contributed by atoms with Crippen LogP contribution in [0.3, 0.4) is 0 Å². The van der Waals surface area contributed by atoms with Crippen molar-refractivity contribution in [3.05, 3.63) is 23.9 Å². The molecular weight excluding hydrogens is 168 g/mol. The maximum atomic E-state index is 10.9. The van der Waals surface area contributed by atoms with E-state index in [1.165, 1.54) is 12.3 Å². The van der Waals surface area contributed by atoms with Gasteiger partial charge in [0.15, 0.2) is 0 Å². The van der Waals surface area contributed by atoms with Crippen molar-refractivity contribution in [3.8, 4) is 0 Å². The van der Waals surface area contributed by atoms with E-state index < -0.39 is 0 Å². The molecule has 5 heteroatoms. The third-order valence-corrected chi connectivity index (χ3v) is 1.41. The van der Waals surface area contributed by atoms with Crippen LogP contribution in [0.2, 0.25) is 0 Å². The molecule has 0 bridgehead atoms. The van der Waals surface area contributed by atoms with Gasteiger partial charge in [-0.2, -0.15) is 0 Å². The van der Waals surface area contributed by atoms with Gasteiger partial charge in [0.2, 0.25) is 5.91 Å². The van der Waals surface area contributed by atoms with E-state index in [1.54, 1.807) is 6.08 Å².